The molecule has 0 amide bonds. The lowest BCUT2D eigenvalue weighted by Gasteiger charge is -2.36. The molecule has 0 aliphatic carbocycles. The number of carboxylic acids is 1. The summed E-state index contributed by atoms with van der Waals surface area (Å²) < 4.78 is 24.9. The third-order valence-corrected chi connectivity index (χ3v) is 4.24. The molecule has 0 aromatic carbocycles. The van der Waals surface area contributed by atoms with Gasteiger partial charge < -0.3 is 5.11 Å². The molecule has 1 aliphatic heterocycles. The van der Waals surface area contributed by atoms with Crippen LogP contribution >= 0.6 is 0 Å². The van der Waals surface area contributed by atoms with Crippen molar-refractivity contribution in [3.05, 3.63) is 12.3 Å². The number of H-pyrrole nitrogens is 1. The molecule has 0 radical (unpaired) electrons. The van der Waals surface area contributed by atoms with Crippen LogP contribution in [0.15, 0.2) is 17.3 Å². The fourth-order valence-electron chi connectivity index (χ4n) is 1.62. The van der Waals surface area contributed by atoms with Crippen LogP contribution in [-0.2, 0) is 14.8 Å². The Morgan fingerprint density at radius 1 is 1.62 bits per heavy atom. The number of aliphatic carboxylic acids is 1. The maximum absolute atomic E-state index is 11.8. The van der Waals surface area contributed by atoms with Gasteiger partial charge in [-0.15, -0.1) is 0 Å². The number of aromatic nitrogens is 2. The second kappa shape index (κ2) is 3.87. The number of carboxylic acid groups (broad SMARTS) is 1. The Balaban J connectivity index is 2.00. The van der Waals surface area contributed by atoms with E-state index in [1.165, 1.54) is 16.6 Å². The smallest absolute Gasteiger partial charge is 0.303 e. The first-order valence-electron chi connectivity index (χ1n) is 4.71. The molecule has 1 saturated heterocycles. The van der Waals surface area contributed by atoms with Gasteiger partial charge in [-0.2, -0.15) is 9.40 Å². The molecule has 1 aromatic heterocycles. The van der Waals surface area contributed by atoms with E-state index in [4.69, 9.17) is 5.11 Å². The summed E-state index contributed by atoms with van der Waals surface area (Å²) in [5.41, 5.74) is 0. The van der Waals surface area contributed by atoms with E-state index >= 15 is 0 Å². The first-order valence-corrected chi connectivity index (χ1v) is 6.15. The summed E-state index contributed by atoms with van der Waals surface area (Å²) in [4.78, 5) is 10.4. The number of hydrogen-bond acceptors (Lipinski definition) is 4. The van der Waals surface area contributed by atoms with E-state index in [1.807, 2.05) is 0 Å². The summed E-state index contributed by atoms with van der Waals surface area (Å²) in [6, 6.07) is 1.37. The molecule has 2 heterocycles. The lowest BCUT2D eigenvalue weighted by Crippen LogP contribution is -2.50. The number of nitrogens with zero attached hydrogens (tertiary/aromatic N) is 2. The quantitative estimate of drug-likeness (QED) is 0.744. The molecule has 0 atom stereocenters. The van der Waals surface area contributed by atoms with Gasteiger partial charge in [0, 0.05) is 13.1 Å². The van der Waals surface area contributed by atoms with Crippen LogP contribution in [0.25, 0.3) is 0 Å². The molecular formula is C8H11N3O4S. The van der Waals surface area contributed by atoms with E-state index in [2.05, 4.69) is 10.2 Å². The van der Waals surface area contributed by atoms with E-state index in [9.17, 15) is 13.2 Å². The number of carbonyl (C=O) groups is 1. The maximum Gasteiger partial charge on any atom is 0.303 e. The second-order valence-electron chi connectivity index (χ2n) is 3.71. The zero-order valence-electron chi connectivity index (χ0n) is 8.33. The highest BCUT2D eigenvalue weighted by Gasteiger charge is 2.38. The first kappa shape index (κ1) is 11.1. The van der Waals surface area contributed by atoms with Gasteiger partial charge >= 0.3 is 5.97 Å². The SMILES string of the molecule is O=C(O)CC1CN(S(=O)(=O)c2ccn[nH]2)C1. The van der Waals surface area contributed by atoms with Crippen molar-refractivity contribution < 1.29 is 18.3 Å². The van der Waals surface area contributed by atoms with Crippen molar-refractivity contribution in [2.75, 3.05) is 13.1 Å². The molecule has 16 heavy (non-hydrogen) atoms. The number of hydrogen-bond donors (Lipinski definition) is 2. The third kappa shape index (κ3) is 1.93. The Morgan fingerprint density at radius 2 is 2.31 bits per heavy atom. The summed E-state index contributed by atoms with van der Waals surface area (Å²) in [6.45, 7) is 0.515. The molecule has 0 saturated carbocycles. The zero-order chi connectivity index (χ0) is 11.8. The highest BCUT2D eigenvalue weighted by Crippen LogP contribution is 2.25. The fraction of sp³-hybridized carbons (Fsp3) is 0.500. The molecule has 0 unspecified atom stereocenters. The van der Waals surface area contributed by atoms with Crippen molar-refractivity contribution in [1.29, 1.82) is 0 Å². The predicted octanol–water partition coefficient (Wildman–Crippen LogP) is -0.495. The highest BCUT2D eigenvalue weighted by molar-refractivity contribution is 7.89. The zero-order valence-corrected chi connectivity index (χ0v) is 9.14. The summed E-state index contributed by atoms with van der Waals surface area (Å²) >= 11 is 0. The molecule has 8 heteroatoms. The number of aromatic amines is 1. The fourth-order valence-corrected chi connectivity index (χ4v) is 3.11. The summed E-state index contributed by atoms with van der Waals surface area (Å²) in [6.07, 6.45) is 1.37. The van der Waals surface area contributed by atoms with Crippen LogP contribution in [0.5, 0.6) is 0 Å². The van der Waals surface area contributed by atoms with Gasteiger partial charge in [0.15, 0.2) is 5.03 Å². The molecule has 7 nitrogen and oxygen atoms in total. The van der Waals surface area contributed by atoms with Gasteiger partial charge in [0.25, 0.3) is 10.0 Å². The maximum atomic E-state index is 11.8. The van der Waals surface area contributed by atoms with Crippen LogP contribution < -0.4 is 0 Å². The van der Waals surface area contributed by atoms with E-state index < -0.39 is 16.0 Å². The van der Waals surface area contributed by atoms with E-state index in [1.54, 1.807) is 0 Å². The summed E-state index contributed by atoms with van der Waals surface area (Å²) in [5.74, 6) is -0.987. The highest BCUT2D eigenvalue weighted by atomic mass is 32.2. The number of sulfonamides is 1. The third-order valence-electron chi connectivity index (χ3n) is 2.48. The van der Waals surface area contributed by atoms with E-state index in [0.717, 1.165) is 0 Å². The van der Waals surface area contributed by atoms with Crippen LogP contribution in [0.3, 0.4) is 0 Å². The molecule has 2 N–H and O–H groups in total. The molecule has 0 spiro atoms. The molecule has 1 aromatic rings. The molecule has 1 aliphatic rings. The van der Waals surface area contributed by atoms with Crippen molar-refractivity contribution in [3.63, 3.8) is 0 Å². The Bertz CT molecular complexity index is 475. The standard InChI is InChI=1S/C8H11N3O4S/c12-8(13)3-6-4-11(5-6)16(14,15)7-1-2-9-10-7/h1-2,6H,3-5H2,(H,9,10)(H,12,13). The lowest BCUT2D eigenvalue weighted by molar-refractivity contribution is -0.139. The van der Waals surface area contributed by atoms with Crippen molar-refractivity contribution in [1.82, 2.24) is 14.5 Å². The minimum atomic E-state index is -3.51. The van der Waals surface area contributed by atoms with Gasteiger partial charge in [-0.1, -0.05) is 0 Å². The van der Waals surface area contributed by atoms with E-state index in [0.29, 0.717) is 0 Å². The normalized spacial score (nSPS) is 18.2. The molecule has 1 fully saturated rings. The first-order chi connectivity index (χ1) is 7.50. The Kier molecular flexibility index (Phi) is 2.68. The topological polar surface area (TPSA) is 103 Å². The van der Waals surface area contributed by atoms with Crippen molar-refractivity contribution in [2.24, 2.45) is 5.92 Å². The van der Waals surface area contributed by atoms with Gasteiger partial charge in [0.05, 0.1) is 12.6 Å². The average molecular weight is 245 g/mol. The van der Waals surface area contributed by atoms with E-state index in [-0.39, 0.29) is 30.5 Å². The van der Waals surface area contributed by atoms with Gasteiger partial charge in [0.2, 0.25) is 0 Å². The van der Waals surface area contributed by atoms with Crippen LogP contribution in [0.4, 0.5) is 0 Å². The minimum Gasteiger partial charge on any atom is -0.481 e. The van der Waals surface area contributed by atoms with Crippen LogP contribution in [0.1, 0.15) is 6.42 Å². The monoisotopic (exact) mass is 245 g/mol. The molecule has 2 rings (SSSR count). The second-order valence-corrected chi connectivity index (χ2v) is 5.61. The van der Waals surface area contributed by atoms with Crippen molar-refractivity contribution >= 4 is 16.0 Å². The Labute approximate surface area is 92.1 Å². The van der Waals surface area contributed by atoms with Crippen molar-refractivity contribution in [2.45, 2.75) is 11.4 Å². The van der Waals surface area contributed by atoms with Gasteiger partial charge in [-0.05, 0) is 12.0 Å². The summed E-state index contributed by atoms with van der Waals surface area (Å²) in [7, 11) is -3.51. The largest absolute Gasteiger partial charge is 0.481 e. The predicted molar refractivity (Wildman–Crippen MR) is 53.1 cm³/mol. The Morgan fingerprint density at radius 3 is 2.81 bits per heavy atom. The summed E-state index contributed by atoms with van der Waals surface area (Å²) in [5, 5.41) is 14.5. The average Bonchev–Trinajstić information content (AvgIpc) is 2.62. The van der Waals surface area contributed by atoms with Crippen LogP contribution in [-0.4, -0.2) is 47.1 Å². The van der Waals surface area contributed by atoms with Crippen molar-refractivity contribution in [3.8, 4) is 0 Å². The number of nitrogens with one attached hydrogen (secondary N) is 1. The van der Waals surface area contributed by atoms with Gasteiger partial charge in [-0.25, -0.2) is 8.42 Å². The van der Waals surface area contributed by atoms with Gasteiger partial charge in [0.1, 0.15) is 0 Å². The molecule has 88 valence electrons. The lowest BCUT2D eigenvalue weighted by atomic mass is 10.00. The van der Waals surface area contributed by atoms with Crippen LogP contribution in [0, 0.1) is 5.92 Å². The molecular weight excluding hydrogens is 234 g/mol. The minimum absolute atomic E-state index is 0.00892. The van der Waals surface area contributed by atoms with Crippen LogP contribution in [0.2, 0.25) is 0 Å². The molecule has 0 bridgehead atoms. The number of rotatable bonds is 4. The van der Waals surface area contributed by atoms with Gasteiger partial charge in [-0.3, -0.25) is 9.89 Å². The Hall–Kier alpha value is -1.41.